The van der Waals surface area contributed by atoms with Crippen LogP contribution in [0.5, 0.6) is 0 Å². The van der Waals surface area contributed by atoms with Crippen LogP contribution in [0.15, 0.2) is 0 Å². The number of alkyl halides is 3. The van der Waals surface area contributed by atoms with Crippen molar-refractivity contribution in [2.24, 2.45) is 0 Å². The van der Waals surface area contributed by atoms with Crippen molar-refractivity contribution in [2.75, 3.05) is 20.2 Å². The fourth-order valence-corrected chi connectivity index (χ4v) is 11.3. The molecule has 0 aromatic heterocycles. The molecule has 10 nitrogen and oxygen atoms in total. The summed E-state index contributed by atoms with van der Waals surface area (Å²) in [4.78, 5) is 25.1. The van der Waals surface area contributed by atoms with Crippen LogP contribution < -0.4 is 18.9 Å². The minimum atomic E-state index is -6.28. The Balaban J connectivity index is 0.0000102. The number of hydrogen-bond donors (Lipinski definition) is 0. The summed E-state index contributed by atoms with van der Waals surface area (Å²) < 4.78 is 100. The summed E-state index contributed by atoms with van der Waals surface area (Å²) in [6.45, 7) is 5.96. The van der Waals surface area contributed by atoms with Crippen LogP contribution in [-0.2, 0) is 38.2 Å². The minimum Gasteiger partial charge on any atom is -0.439 e. The third kappa shape index (κ3) is 7.53. The average Bonchev–Trinajstić information content (AvgIpc) is 2.62. The number of nitrogens with zero attached hydrogens (tertiary/aromatic N) is 2. The summed E-state index contributed by atoms with van der Waals surface area (Å²) >= 11 is 0. The summed E-state index contributed by atoms with van der Waals surface area (Å²) in [5, 5.41) is -3.19. The second-order valence-electron chi connectivity index (χ2n) is 7.73. The Kier molecular flexibility index (Phi) is 11.9. The predicted octanol–water partition coefficient (Wildman–Crippen LogP) is -1.88. The van der Waals surface area contributed by atoms with Crippen molar-refractivity contribution in [3.05, 3.63) is 0 Å². The number of rotatable bonds is 11. The first kappa shape index (κ1) is 32.6. The van der Waals surface area contributed by atoms with Gasteiger partial charge in [-0.25, -0.2) is 17.0 Å². The van der Waals surface area contributed by atoms with E-state index >= 15 is 0 Å². The van der Waals surface area contributed by atoms with Crippen LogP contribution in [0.25, 0.3) is 0 Å². The van der Waals surface area contributed by atoms with E-state index in [4.69, 9.17) is 8.54 Å². The van der Waals surface area contributed by atoms with E-state index in [1.54, 1.807) is 20.0 Å². The van der Waals surface area contributed by atoms with Crippen molar-refractivity contribution in [3.63, 3.8) is 0 Å². The summed E-state index contributed by atoms with van der Waals surface area (Å²) in [6.07, 6.45) is 0.491. The van der Waals surface area contributed by atoms with Crippen LogP contribution in [0, 0.1) is 0 Å². The smallest absolute Gasteiger partial charge is 0.439 e. The summed E-state index contributed by atoms with van der Waals surface area (Å²) in [5.41, 5.74) is -5.90. The van der Waals surface area contributed by atoms with Gasteiger partial charge < -0.3 is 8.54 Å². The van der Waals surface area contributed by atoms with E-state index < -0.39 is 73.3 Å². The van der Waals surface area contributed by atoms with Crippen LogP contribution >= 0.6 is 0 Å². The normalized spacial score (nSPS) is 20.5. The molecule has 0 aromatic rings. The maximum atomic E-state index is 13.1. The third-order valence-corrected chi connectivity index (χ3v) is 14.4. The van der Waals surface area contributed by atoms with Gasteiger partial charge in [0.05, 0.1) is 0 Å². The van der Waals surface area contributed by atoms with Crippen molar-refractivity contribution < 1.29 is 67.0 Å². The summed E-state index contributed by atoms with van der Waals surface area (Å²) in [6, 6.07) is 0.346. The van der Waals surface area contributed by atoms with Crippen molar-refractivity contribution in [1.82, 2.24) is 8.61 Å². The number of halogens is 3. The molecule has 2 unspecified atom stereocenters. The quantitative estimate of drug-likeness (QED) is 0.216. The predicted molar refractivity (Wildman–Crippen MR) is 114 cm³/mol. The molecule has 0 bridgehead atoms. The Bertz CT molecular complexity index is 919. The minimum absolute atomic E-state index is 0. The number of carbonyl (C=O) groups excluding carboxylic acids is 2. The van der Waals surface area contributed by atoms with Crippen LogP contribution in [-0.4, -0.2) is 85.8 Å². The van der Waals surface area contributed by atoms with E-state index in [0.717, 1.165) is 0 Å². The van der Waals surface area contributed by atoms with Gasteiger partial charge >= 0.3 is 43.1 Å². The van der Waals surface area contributed by atoms with Crippen molar-refractivity contribution in [3.8, 4) is 0 Å². The molecule has 1 saturated heterocycles. The number of unbranched alkanes of at least 4 members (excludes halogenated alkanes) is 1. The molecule has 2 atom stereocenters. The third-order valence-electron chi connectivity index (χ3n) is 4.79. The molecule has 2 amide bonds. The van der Waals surface area contributed by atoms with Gasteiger partial charge in [-0.15, -0.1) is 0 Å². The largest absolute Gasteiger partial charge is 1.00 e. The van der Waals surface area contributed by atoms with Crippen molar-refractivity contribution in [2.45, 2.75) is 62.6 Å². The second-order valence-corrected chi connectivity index (χ2v) is 17.9. The zero-order chi connectivity index (χ0) is 25.1. The van der Waals surface area contributed by atoms with Gasteiger partial charge in [-0.05, 0) is 38.5 Å². The topological polar surface area (TPSA) is 127 Å². The fourth-order valence-electron chi connectivity index (χ4n) is 2.98. The van der Waals surface area contributed by atoms with Gasteiger partial charge in [-0.3, -0.25) is 9.59 Å². The van der Waals surface area contributed by atoms with Gasteiger partial charge in [0.1, 0.15) is 0 Å². The van der Waals surface area contributed by atoms with E-state index in [-0.39, 0.29) is 40.3 Å². The number of carbonyl (C=O) groups is 2. The van der Waals surface area contributed by atoms with Gasteiger partial charge in [0, 0.05) is 20.2 Å². The molecule has 18 heteroatoms. The molecule has 0 aromatic carbocycles. The van der Waals surface area contributed by atoms with E-state index in [9.17, 15) is 39.6 Å². The zero-order valence-electron chi connectivity index (χ0n) is 19.5. The molecule has 0 N–H and O–H groups in total. The second kappa shape index (κ2) is 12.0. The number of amides is 2. The van der Waals surface area contributed by atoms with Gasteiger partial charge in [0.2, 0.25) is 5.25 Å². The molecule has 33 heavy (non-hydrogen) atoms. The molecular formula is C15H29F3LiN2O8S2Si2+. The Labute approximate surface area is 207 Å². The Morgan fingerprint density at radius 3 is 1.94 bits per heavy atom. The Morgan fingerprint density at radius 1 is 1.09 bits per heavy atom. The fraction of sp³-hybridized carbons (Fsp3) is 0.867. The van der Waals surface area contributed by atoms with Crippen LogP contribution in [0.4, 0.5) is 13.2 Å². The van der Waals surface area contributed by atoms with E-state index in [1.165, 1.54) is 7.11 Å². The van der Waals surface area contributed by atoms with Gasteiger partial charge in [-0.1, -0.05) is 13.3 Å². The van der Waals surface area contributed by atoms with Crippen molar-refractivity contribution in [1.29, 1.82) is 0 Å². The van der Waals surface area contributed by atoms with Crippen LogP contribution in [0.1, 0.15) is 26.2 Å². The molecule has 1 aliphatic heterocycles. The molecule has 0 saturated carbocycles. The Hall–Kier alpha value is -0.419. The first-order valence-electron chi connectivity index (χ1n) is 9.85. The molecular weight excluding hydrogens is 520 g/mol. The average molecular weight is 550 g/mol. The van der Waals surface area contributed by atoms with Crippen molar-refractivity contribution >= 4 is 49.5 Å². The van der Waals surface area contributed by atoms with E-state index in [2.05, 4.69) is 0 Å². The molecule has 188 valence electrons. The first-order chi connectivity index (χ1) is 14.4. The maximum Gasteiger partial charge on any atom is 1.00 e. The first-order valence-corrected chi connectivity index (χ1v) is 18.1. The maximum absolute atomic E-state index is 13.1. The molecule has 1 heterocycles. The summed E-state index contributed by atoms with van der Waals surface area (Å²) in [7, 11) is -13.8. The molecule has 1 aliphatic rings. The van der Waals surface area contributed by atoms with Crippen LogP contribution in [0.2, 0.25) is 25.7 Å². The van der Waals surface area contributed by atoms with Gasteiger partial charge in [0.25, 0.3) is 21.7 Å². The van der Waals surface area contributed by atoms with Gasteiger partial charge in [0.15, 0.2) is 9.04 Å². The summed E-state index contributed by atoms with van der Waals surface area (Å²) in [5.74, 6) is -3.82. The van der Waals surface area contributed by atoms with E-state index in [1.807, 2.05) is 6.55 Å². The van der Waals surface area contributed by atoms with Crippen LogP contribution in [0.3, 0.4) is 0 Å². The molecule has 0 spiro atoms. The molecule has 0 aliphatic carbocycles. The SMILES string of the molecule is CCCCN1C(=O)C(S(=O)(=O)C(F)(F)F)C(=O)N(CCC[SiH](C)O[Si](C)(C)OC)S1(=O)=O.[Li+]. The monoisotopic (exact) mass is 549 g/mol. The number of sulfone groups is 1. The molecule has 0 radical (unpaired) electrons. The van der Waals surface area contributed by atoms with Gasteiger partial charge in [-0.2, -0.15) is 21.6 Å². The zero-order valence-corrected chi connectivity index (χ0v) is 23.3. The molecule has 1 rings (SSSR count). The Morgan fingerprint density at radius 2 is 1.55 bits per heavy atom. The van der Waals surface area contributed by atoms with E-state index in [0.29, 0.717) is 12.5 Å². The number of hydrogen-bond acceptors (Lipinski definition) is 8. The standard InChI is InChI=1S/C15H29F3N2O8S2Si2.Li/c1-6-7-9-19-13(21)12(29(23,24)15(16,17)18)14(22)20(30(19,25)26)10-8-11-31(3)28-32(4,5)27-2;/h12,31H,6-11H2,1-5H3;/q;+1. The molecule has 1 fully saturated rings.